The van der Waals surface area contributed by atoms with E-state index in [4.69, 9.17) is 4.52 Å². The predicted octanol–water partition coefficient (Wildman–Crippen LogP) is 2.02. The zero-order valence-electron chi connectivity index (χ0n) is 5.59. The van der Waals surface area contributed by atoms with Crippen LogP contribution >= 0.6 is 0 Å². The highest BCUT2D eigenvalue weighted by molar-refractivity contribution is 5.42. The van der Waals surface area contributed by atoms with Crippen LogP contribution in [0.15, 0.2) is 16.7 Å². The van der Waals surface area contributed by atoms with Crippen LogP contribution in [0.25, 0.3) is 6.08 Å². The zero-order valence-corrected chi connectivity index (χ0v) is 5.59. The molecule has 1 aromatic rings. The van der Waals surface area contributed by atoms with Crippen molar-refractivity contribution in [2.45, 2.75) is 13.8 Å². The van der Waals surface area contributed by atoms with E-state index in [1.54, 1.807) is 0 Å². The fourth-order valence-electron chi connectivity index (χ4n) is 0.635. The number of hydrogen-bond acceptors (Lipinski definition) is 2. The second-order valence-electron chi connectivity index (χ2n) is 1.86. The molecule has 0 aromatic carbocycles. The molecule has 1 aromatic heterocycles. The lowest BCUT2D eigenvalue weighted by atomic mass is 10.3. The smallest absolute Gasteiger partial charge is 0.134 e. The fourth-order valence-corrected chi connectivity index (χ4v) is 0.635. The Labute approximate surface area is 54.2 Å². The van der Waals surface area contributed by atoms with Crippen LogP contribution in [0.1, 0.15) is 18.4 Å². The molecule has 2 nitrogen and oxygen atoms in total. The van der Waals surface area contributed by atoms with Gasteiger partial charge in [0.25, 0.3) is 0 Å². The second kappa shape index (κ2) is 2.49. The van der Waals surface area contributed by atoms with Crippen molar-refractivity contribution in [1.29, 1.82) is 0 Å². The fraction of sp³-hybridized carbons (Fsp3) is 0.286. The Hall–Kier alpha value is -1.05. The number of rotatable bonds is 1. The van der Waals surface area contributed by atoms with Gasteiger partial charge in [0, 0.05) is 6.07 Å². The van der Waals surface area contributed by atoms with Crippen LogP contribution in [0, 0.1) is 6.92 Å². The molecule has 0 saturated heterocycles. The topological polar surface area (TPSA) is 26.0 Å². The summed E-state index contributed by atoms with van der Waals surface area (Å²) < 4.78 is 4.82. The Balaban J connectivity index is 2.85. The van der Waals surface area contributed by atoms with E-state index in [0.29, 0.717) is 0 Å². The average Bonchev–Trinajstić information content (AvgIpc) is 2.17. The highest BCUT2D eigenvalue weighted by Crippen LogP contribution is 2.02. The lowest BCUT2D eigenvalue weighted by molar-refractivity contribution is 0.396. The van der Waals surface area contributed by atoms with E-state index < -0.39 is 0 Å². The third kappa shape index (κ3) is 1.42. The second-order valence-corrected chi connectivity index (χ2v) is 1.86. The van der Waals surface area contributed by atoms with Gasteiger partial charge in [0.05, 0.1) is 0 Å². The summed E-state index contributed by atoms with van der Waals surface area (Å²) in [4.78, 5) is 0. The Kier molecular flexibility index (Phi) is 1.68. The Morgan fingerprint density at radius 2 is 2.44 bits per heavy atom. The van der Waals surface area contributed by atoms with Crippen LogP contribution in [0.3, 0.4) is 0 Å². The van der Waals surface area contributed by atoms with Gasteiger partial charge in [-0.2, -0.15) is 0 Å². The van der Waals surface area contributed by atoms with E-state index in [1.807, 2.05) is 32.1 Å². The first-order valence-corrected chi connectivity index (χ1v) is 2.89. The van der Waals surface area contributed by atoms with Gasteiger partial charge in [-0.15, -0.1) is 0 Å². The summed E-state index contributed by atoms with van der Waals surface area (Å²) in [6.07, 6.45) is 3.83. The summed E-state index contributed by atoms with van der Waals surface area (Å²) in [5.41, 5.74) is 0.884. The van der Waals surface area contributed by atoms with Gasteiger partial charge >= 0.3 is 0 Å². The first kappa shape index (κ1) is 6.08. The van der Waals surface area contributed by atoms with Crippen molar-refractivity contribution in [3.8, 4) is 0 Å². The summed E-state index contributed by atoms with van der Waals surface area (Å²) in [6.45, 7) is 3.82. The predicted molar refractivity (Wildman–Crippen MR) is 35.9 cm³/mol. The Morgan fingerprint density at radius 3 is 2.89 bits per heavy atom. The maximum atomic E-state index is 4.82. The van der Waals surface area contributed by atoms with E-state index in [9.17, 15) is 0 Å². The number of allylic oxidation sites excluding steroid dienone is 1. The minimum Gasteiger partial charge on any atom is -0.361 e. The van der Waals surface area contributed by atoms with Gasteiger partial charge < -0.3 is 4.52 Å². The quantitative estimate of drug-likeness (QED) is 0.571. The SMILES string of the molecule is CC=Cc1cc(C)on1. The molecule has 1 heterocycles. The monoisotopic (exact) mass is 123 g/mol. The molecular weight excluding hydrogens is 114 g/mol. The van der Waals surface area contributed by atoms with Crippen molar-refractivity contribution in [1.82, 2.24) is 5.16 Å². The van der Waals surface area contributed by atoms with Gasteiger partial charge in [0.15, 0.2) is 0 Å². The molecule has 9 heavy (non-hydrogen) atoms. The normalized spacial score (nSPS) is 10.9. The summed E-state index contributed by atoms with van der Waals surface area (Å²) in [5, 5.41) is 3.74. The van der Waals surface area contributed by atoms with E-state index in [1.165, 1.54) is 0 Å². The number of aromatic nitrogens is 1. The molecule has 0 aliphatic heterocycles. The van der Waals surface area contributed by atoms with Gasteiger partial charge in [-0.05, 0) is 19.9 Å². The van der Waals surface area contributed by atoms with Crippen LogP contribution < -0.4 is 0 Å². The minimum absolute atomic E-state index is 0.850. The molecule has 2 heteroatoms. The van der Waals surface area contributed by atoms with Crippen molar-refractivity contribution < 1.29 is 4.52 Å². The highest BCUT2D eigenvalue weighted by atomic mass is 16.5. The zero-order chi connectivity index (χ0) is 6.69. The van der Waals surface area contributed by atoms with E-state index in [-0.39, 0.29) is 0 Å². The molecule has 1 rings (SSSR count). The molecular formula is C7H9NO. The number of aryl methyl sites for hydroxylation is 1. The number of nitrogens with zero attached hydrogens (tertiary/aromatic N) is 1. The molecule has 0 aliphatic carbocycles. The largest absolute Gasteiger partial charge is 0.361 e. The van der Waals surface area contributed by atoms with Crippen LogP contribution in [0.4, 0.5) is 0 Å². The van der Waals surface area contributed by atoms with Crippen LogP contribution in [0.5, 0.6) is 0 Å². The highest BCUT2D eigenvalue weighted by Gasteiger charge is 1.91. The van der Waals surface area contributed by atoms with Crippen LogP contribution in [-0.4, -0.2) is 5.16 Å². The first-order chi connectivity index (χ1) is 4.33. The molecule has 0 unspecified atom stereocenters. The van der Waals surface area contributed by atoms with Gasteiger partial charge in [0.2, 0.25) is 0 Å². The van der Waals surface area contributed by atoms with Crippen molar-refractivity contribution in [3.63, 3.8) is 0 Å². The lowest BCUT2D eigenvalue weighted by Crippen LogP contribution is -1.63. The summed E-state index contributed by atoms with van der Waals surface area (Å²) >= 11 is 0. The molecule has 0 N–H and O–H groups in total. The molecule has 0 atom stereocenters. The molecule has 0 amide bonds. The Morgan fingerprint density at radius 1 is 1.67 bits per heavy atom. The molecule has 0 fully saturated rings. The van der Waals surface area contributed by atoms with Crippen molar-refractivity contribution >= 4 is 6.08 Å². The van der Waals surface area contributed by atoms with Crippen LogP contribution in [0.2, 0.25) is 0 Å². The minimum atomic E-state index is 0.850. The standard InChI is InChI=1S/C7H9NO/c1-3-4-7-5-6(2)9-8-7/h3-5H,1-2H3. The Bertz CT molecular complexity index is 212. The number of hydrogen-bond donors (Lipinski definition) is 0. The van der Waals surface area contributed by atoms with Crippen molar-refractivity contribution in [2.75, 3.05) is 0 Å². The summed E-state index contributed by atoms with van der Waals surface area (Å²) in [5.74, 6) is 0.850. The summed E-state index contributed by atoms with van der Waals surface area (Å²) in [7, 11) is 0. The molecule has 0 bridgehead atoms. The first-order valence-electron chi connectivity index (χ1n) is 2.89. The molecule has 0 spiro atoms. The van der Waals surface area contributed by atoms with Gasteiger partial charge in [0.1, 0.15) is 11.5 Å². The van der Waals surface area contributed by atoms with Gasteiger partial charge in [-0.3, -0.25) is 0 Å². The van der Waals surface area contributed by atoms with Gasteiger partial charge in [-0.25, -0.2) is 0 Å². The molecule has 0 saturated carbocycles. The molecule has 0 aliphatic rings. The van der Waals surface area contributed by atoms with E-state index in [0.717, 1.165) is 11.5 Å². The average molecular weight is 123 g/mol. The van der Waals surface area contributed by atoms with Gasteiger partial charge in [-0.1, -0.05) is 11.2 Å². The van der Waals surface area contributed by atoms with E-state index in [2.05, 4.69) is 5.16 Å². The lowest BCUT2D eigenvalue weighted by Gasteiger charge is -1.71. The molecule has 48 valence electrons. The van der Waals surface area contributed by atoms with Crippen LogP contribution in [-0.2, 0) is 0 Å². The maximum absolute atomic E-state index is 4.82. The summed E-state index contributed by atoms with van der Waals surface area (Å²) in [6, 6.07) is 1.89. The maximum Gasteiger partial charge on any atom is 0.134 e. The van der Waals surface area contributed by atoms with E-state index >= 15 is 0 Å². The third-order valence-electron chi connectivity index (χ3n) is 0.984. The van der Waals surface area contributed by atoms with Crippen molar-refractivity contribution in [2.24, 2.45) is 0 Å². The van der Waals surface area contributed by atoms with Crippen molar-refractivity contribution in [3.05, 3.63) is 23.6 Å². The molecule has 0 radical (unpaired) electrons. The third-order valence-corrected chi connectivity index (χ3v) is 0.984.